The molecule has 1 saturated heterocycles. The minimum atomic E-state index is 0.750. The van der Waals surface area contributed by atoms with Crippen LogP contribution in [0.4, 0.5) is 0 Å². The first-order valence-corrected chi connectivity index (χ1v) is 6.47. The number of imidazole rings is 1. The van der Waals surface area contributed by atoms with Gasteiger partial charge in [-0.15, -0.1) is 0 Å². The molecule has 0 unspecified atom stereocenters. The third-order valence-corrected chi connectivity index (χ3v) is 3.69. The zero-order chi connectivity index (χ0) is 11.7. The molecule has 3 heteroatoms. The molecular weight excluding hydrogens is 210 g/mol. The average molecular weight is 229 g/mol. The zero-order valence-corrected chi connectivity index (χ0v) is 10.3. The van der Waals surface area contributed by atoms with Crippen molar-refractivity contribution in [1.82, 2.24) is 14.9 Å². The van der Waals surface area contributed by atoms with Gasteiger partial charge in [-0.05, 0) is 50.9 Å². The Hall–Kier alpha value is -1.35. The summed E-state index contributed by atoms with van der Waals surface area (Å²) in [6.07, 6.45) is 2.63. The Morgan fingerprint density at radius 1 is 1.41 bits per heavy atom. The van der Waals surface area contributed by atoms with Crippen molar-refractivity contribution in [2.75, 3.05) is 13.1 Å². The highest BCUT2D eigenvalue weighted by Crippen LogP contribution is 2.19. The Morgan fingerprint density at radius 3 is 3.12 bits per heavy atom. The standard InChI is InChI=1S/C14H19N3/c1-11-16-13-6-2-3-7-14(13)17(11)10-12-5-4-8-15-9-12/h2-3,6-7,12,15H,4-5,8-10H2,1H3/t12-/m1/s1. The summed E-state index contributed by atoms with van der Waals surface area (Å²) in [5, 5.41) is 3.48. The van der Waals surface area contributed by atoms with Gasteiger partial charge in [-0.2, -0.15) is 0 Å². The highest BCUT2D eigenvalue weighted by Gasteiger charge is 2.16. The van der Waals surface area contributed by atoms with Gasteiger partial charge in [-0.25, -0.2) is 4.98 Å². The average Bonchev–Trinajstić information content (AvgIpc) is 2.68. The lowest BCUT2D eigenvalue weighted by Gasteiger charge is -2.23. The van der Waals surface area contributed by atoms with E-state index in [1.165, 1.54) is 24.9 Å². The van der Waals surface area contributed by atoms with E-state index in [1.807, 2.05) is 0 Å². The van der Waals surface area contributed by atoms with Gasteiger partial charge in [0.2, 0.25) is 0 Å². The summed E-state index contributed by atoms with van der Waals surface area (Å²) < 4.78 is 2.37. The second kappa shape index (κ2) is 4.49. The maximum Gasteiger partial charge on any atom is 0.106 e. The number of nitrogens with one attached hydrogen (secondary N) is 1. The van der Waals surface area contributed by atoms with Crippen molar-refractivity contribution in [2.45, 2.75) is 26.3 Å². The number of fused-ring (bicyclic) bond motifs is 1. The van der Waals surface area contributed by atoms with Gasteiger partial charge in [0.15, 0.2) is 0 Å². The molecule has 3 nitrogen and oxygen atoms in total. The van der Waals surface area contributed by atoms with E-state index in [0.717, 1.165) is 30.3 Å². The lowest BCUT2D eigenvalue weighted by molar-refractivity contribution is 0.338. The number of aromatic nitrogens is 2. The van der Waals surface area contributed by atoms with Crippen molar-refractivity contribution < 1.29 is 0 Å². The Labute approximate surface area is 102 Å². The fourth-order valence-electron chi connectivity index (χ4n) is 2.76. The van der Waals surface area contributed by atoms with Crippen molar-refractivity contribution in [2.24, 2.45) is 5.92 Å². The van der Waals surface area contributed by atoms with Gasteiger partial charge in [0.25, 0.3) is 0 Å². The van der Waals surface area contributed by atoms with Crippen LogP contribution >= 0.6 is 0 Å². The fourth-order valence-corrected chi connectivity index (χ4v) is 2.76. The Bertz CT molecular complexity index is 509. The molecule has 0 aliphatic carbocycles. The van der Waals surface area contributed by atoms with Crippen LogP contribution in [-0.4, -0.2) is 22.6 Å². The zero-order valence-electron chi connectivity index (χ0n) is 10.3. The minimum absolute atomic E-state index is 0.750. The summed E-state index contributed by atoms with van der Waals surface area (Å²) in [6, 6.07) is 8.42. The SMILES string of the molecule is Cc1nc2ccccc2n1C[C@@H]1CCCNC1. The summed E-state index contributed by atoms with van der Waals surface area (Å²) in [6.45, 7) is 5.53. The molecule has 17 heavy (non-hydrogen) atoms. The normalized spacial score (nSPS) is 20.9. The highest BCUT2D eigenvalue weighted by atomic mass is 15.1. The van der Waals surface area contributed by atoms with Gasteiger partial charge in [0.1, 0.15) is 5.82 Å². The third kappa shape index (κ3) is 2.07. The number of para-hydroxylation sites is 2. The largest absolute Gasteiger partial charge is 0.328 e. The van der Waals surface area contributed by atoms with Crippen molar-refractivity contribution in [3.05, 3.63) is 30.1 Å². The molecular formula is C14H19N3. The first-order valence-electron chi connectivity index (χ1n) is 6.47. The summed E-state index contributed by atoms with van der Waals surface area (Å²) in [4.78, 5) is 4.62. The maximum absolute atomic E-state index is 4.62. The van der Waals surface area contributed by atoms with E-state index in [0.29, 0.717) is 0 Å². The Balaban J connectivity index is 1.90. The molecule has 1 N–H and O–H groups in total. The van der Waals surface area contributed by atoms with Crippen molar-refractivity contribution in [1.29, 1.82) is 0 Å². The molecule has 2 aromatic rings. The quantitative estimate of drug-likeness (QED) is 0.856. The molecule has 90 valence electrons. The van der Waals surface area contributed by atoms with Gasteiger partial charge in [-0.1, -0.05) is 12.1 Å². The summed E-state index contributed by atoms with van der Waals surface area (Å²) in [5.74, 6) is 1.89. The van der Waals surface area contributed by atoms with Gasteiger partial charge >= 0.3 is 0 Å². The second-order valence-electron chi connectivity index (χ2n) is 4.97. The second-order valence-corrected chi connectivity index (χ2v) is 4.97. The molecule has 1 atom stereocenters. The fraction of sp³-hybridized carbons (Fsp3) is 0.500. The molecule has 2 heterocycles. The minimum Gasteiger partial charge on any atom is -0.328 e. The maximum atomic E-state index is 4.62. The summed E-state index contributed by atoms with van der Waals surface area (Å²) >= 11 is 0. The Kier molecular flexibility index (Phi) is 2.85. The van der Waals surface area contributed by atoms with Crippen molar-refractivity contribution >= 4 is 11.0 Å². The van der Waals surface area contributed by atoms with Crippen LogP contribution in [0.1, 0.15) is 18.7 Å². The molecule has 1 aromatic heterocycles. The van der Waals surface area contributed by atoms with E-state index in [-0.39, 0.29) is 0 Å². The first-order chi connectivity index (χ1) is 8.34. The molecule has 1 aliphatic heterocycles. The molecule has 3 rings (SSSR count). The van der Waals surface area contributed by atoms with Gasteiger partial charge in [0.05, 0.1) is 11.0 Å². The molecule has 0 bridgehead atoms. The number of benzene rings is 1. The molecule has 1 aliphatic rings. The van der Waals surface area contributed by atoms with Crippen LogP contribution in [0, 0.1) is 12.8 Å². The Morgan fingerprint density at radius 2 is 2.29 bits per heavy atom. The van der Waals surface area contributed by atoms with Crippen LogP contribution in [0.2, 0.25) is 0 Å². The summed E-state index contributed by atoms with van der Waals surface area (Å²) in [5.41, 5.74) is 2.39. The molecule has 0 saturated carbocycles. The van der Waals surface area contributed by atoms with E-state index < -0.39 is 0 Å². The topological polar surface area (TPSA) is 29.9 Å². The number of rotatable bonds is 2. The van der Waals surface area contributed by atoms with Gasteiger partial charge in [0, 0.05) is 6.54 Å². The molecule has 0 amide bonds. The third-order valence-electron chi connectivity index (χ3n) is 3.69. The van der Waals surface area contributed by atoms with Crippen LogP contribution in [0.15, 0.2) is 24.3 Å². The predicted octanol–water partition coefficient (Wildman–Crippen LogP) is 2.34. The van der Waals surface area contributed by atoms with E-state index in [9.17, 15) is 0 Å². The van der Waals surface area contributed by atoms with E-state index >= 15 is 0 Å². The predicted molar refractivity (Wildman–Crippen MR) is 70.1 cm³/mol. The number of aryl methyl sites for hydroxylation is 1. The molecule has 0 radical (unpaired) electrons. The monoisotopic (exact) mass is 229 g/mol. The van der Waals surface area contributed by atoms with Crippen LogP contribution < -0.4 is 5.32 Å². The number of piperidine rings is 1. The summed E-state index contributed by atoms with van der Waals surface area (Å²) in [7, 11) is 0. The lowest BCUT2D eigenvalue weighted by Crippen LogP contribution is -2.32. The van der Waals surface area contributed by atoms with E-state index in [4.69, 9.17) is 0 Å². The number of nitrogens with zero attached hydrogens (tertiary/aromatic N) is 2. The van der Waals surface area contributed by atoms with Crippen LogP contribution in [0.5, 0.6) is 0 Å². The van der Waals surface area contributed by atoms with Crippen LogP contribution in [0.25, 0.3) is 11.0 Å². The molecule has 1 aromatic carbocycles. The van der Waals surface area contributed by atoms with Gasteiger partial charge < -0.3 is 9.88 Å². The van der Waals surface area contributed by atoms with E-state index in [1.54, 1.807) is 0 Å². The molecule has 1 fully saturated rings. The smallest absolute Gasteiger partial charge is 0.106 e. The van der Waals surface area contributed by atoms with Crippen LogP contribution in [0.3, 0.4) is 0 Å². The van der Waals surface area contributed by atoms with Crippen molar-refractivity contribution in [3.8, 4) is 0 Å². The van der Waals surface area contributed by atoms with Crippen LogP contribution in [-0.2, 0) is 6.54 Å². The molecule has 0 spiro atoms. The lowest BCUT2D eigenvalue weighted by atomic mass is 9.99. The van der Waals surface area contributed by atoms with Gasteiger partial charge in [-0.3, -0.25) is 0 Å². The van der Waals surface area contributed by atoms with Crippen molar-refractivity contribution in [3.63, 3.8) is 0 Å². The first kappa shape index (κ1) is 10.8. The number of hydrogen-bond acceptors (Lipinski definition) is 2. The highest BCUT2D eigenvalue weighted by molar-refractivity contribution is 5.75. The number of hydrogen-bond donors (Lipinski definition) is 1. The van der Waals surface area contributed by atoms with E-state index in [2.05, 4.69) is 46.1 Å².